The molecular formula is C45H78O12. The molecule has 2 bridgehead atoms. The summed E-state index contributed by atoms with van der Waals surface area (Å²) in [7, 11) is 0. The average Bonchev–Trinajstić information content (AvgIpc) is 3.66. The topological polar surface area (TPSA) is 111 Å². The fraction of sp³-hybridized carbons (Fsp3) is 1.00. The van der Waals surface area contributed by atoms with Crippen molar-refractivity contribution in [1.82, 2.24) is 0 Å². The molecule has 0 aromatic carbocycles. The lowest BCUT2D eigenvalue weighted by atomic mass is 9.81. The molecule has 0 N–H and O–H groups in total. The molecule has 7 rings (SSSR count). The molecule has 26 atom stereocenters. The van der Waals surface area contributed by atoms with E-state index in [0.717, 1.165) is 19.3 Å². The third-order valence-electron chi connectivity index (χ3n) is 15.9. The number of hydrogen-bond donors (Lipinski definition) is 0. The third-order valence-corrected chi connectivity index (χ3v) is 15.9. The Morgan fingerprint density at radius 1 is 0.368 bits per heavy atom. The van der Waals surface area contributed by atoms with Crippen molar-refractivity contribution in [2.75, 3.05) is 13.2 Å². The molecule has 0 aromatic rings. The van der Waals surface area contributed by atoms with Gasteiger partial charge in [0.1, 0.15) is 12.2 Å². The Hall–Kier alpha value is -0.480. The van der Waals surface area contributed by atoms with Gasteiger partial charge in [0, 0.05) is 29.6 Å². The van der Waals surface area contributed by atoms with Crippen LogP contribution in [0.4, 0.5) is 0 Å². The van der Waals surface area contributed by atoms with Gasteiger partial charge in [-0.1, -0.05) is 90.0 Å². The van der Waals surface area contributed by atoms with Crippen molar-refractivity contribution in [3.63, 3.8) is 0 Å². The largest absolute Gasteiger partial charge is 0.350 e. The summed E-state index contributed by atoms with van der Waals surface area (Å²) >= 11 is 0. The second-order valence-electron chi connectivity index (χ2n) is 19.3. The molecular weight excluding hydrogens is 732 g/mol. The van der Waals surface area contributed by atoms with E-state index in [1.165, 1.54) is 0 Å². The van der Waals surface area contributed by atoms with E-state index in [-0.39, 0.29) is 152 Å². The summed E-state index contributed by atoms with van der Waals surface area (Å²) in [5.74, 6) is 1.86. The summed E-state index contributed by atoms with van der Waals surface area (Å²) in [6, 6.07) is 0. The Labute approximate surface area is 343 Å². The molecule has 0 saturated carbocycles. The average molecular weight is 811 g/mol. The van der Waals surface area contributed by atoms with E-state index in [1.54, 1.807) is 0 Å². The number of hydrogen-bond acceptors (Lipinski definition) is 12. The molecule has 7 aliphatic heterocycles. The molecule has 7 aliphatic rings. The van der Waals surface area contributed by atoms with Crippen LogP contribution in [-0.4, -0.2) is 112 Å². The maximum atomic E-state index is 7.05. The Morgan fingerprint density at radius 2 is 0.754 bits per heavy atom. The smallest absolute Gasteiger partial charge is 0.161 e. The summed E-state index contributed by atoms with van der Waals surface area (Å²) in [5, 5.41) is 0. The summed E-state index contributed by atoms with van der Waals surface area (Å²) in [6.45, 7) is 31.9. The van der Waals surface area contributed by atoms with Crippen molar-refractivity contribution in [2.24, 2.45) is 59.2 Å². The van der Waals surface area contributed by atoms with Crippen LogP contribution in [0.2, 0.25) is 0 Å². The first-order chi connectivity index (χ1) is 27.2. The van der Waals surface area contributed by atoms with Crippen molar-refractivity contribution in [2.45, 2.75) is 215 Å². The predicted molar refractivity (Wildman–Crippen MR) is 212 cm³/mol. The summed E-state index contributed by atoms with van der Waals surface area (Å²) in [6.07, 6.45) is -0.462. The van der Waals surface area contributed by atoms with Crippen LogP contribution in [0.3, 0.4) is 0 Å². The second kappa shape index (κ2) is 18.5. The van der Waals surface area contributed by atoms with Crippen LogP contribution < -0.4 is 0 Å². The van der Waals surface area contributed by atoms with E-state index in [0.29, 0.717) is 19.1 Å². The van der Waals surface area contributed by atoms with Crippen LogP contribution in [0.15, 0.2) is 0 Å². The van der Waals surface area contributed by atoms with E-state index < -0.39 is 0 Å². The highest BCUT2D eigenvalue weighted by atomic mass is 16.8. The zero-order valence-electron chi connectivity index (χ0n) is 37.4. The van der Waals surface area contributed by atoms with Gasteiger partial charge < -0.3 is 56.8 Å². The van der Waals surface area contributed by atoms with Gasteiger partial charge in [0.2, 0.25) is 0 Å². The minimum atomic E-state index is -0.384. The van der Waals surface area contributed by atoms with Crippen LogP contribution in [0.5, 0.6) is 0 Å². The Morgan fingerprint density at radius 3 is 1.21 bits per heavy atom. The standard InChI is InChI=1S/C45H78O12/c1-15-31-36(54-43-27(11)22(6)38(33(17-3)50-43)56-45-29(13)24(8)39-34(53-45)18-46-30(14)48-39)21(5)26(10)42(49-31)55-37-23(7)28(12)44(51-32(37)16-2)57-40-20(4)25(9)41-47-19-35(40)52-41/h20-45H,15-19H2,1-14H3/t20?,21-,22?,23-,24?,25?,26?,27?,28?,29?,30?,31?,32?,33?,34?,35+,36-,37-,38+,39+,40+,41-,42+,43-,44+,45-/m1/s1. The van der Waals surface area contributed by atoms with Gasteiger partial charge in [-0.15, -0.1) is 0 Å². The van der Waals surface area contributed by atoms with Crippen molar-refractivity contribution >= 4 is 0 Å². The summed E-state index contributed by atoms with van der Waals surface area (Å²) < 4.78 is 78.8. The number of rotatable bonds is 11. The van der Waals surface area contributed by atoms with Gasteiger partial charge in [-0.2, -0.15) is 0 Å². The van der Waals surface area contributed by atoms with Gasteiger partial charge >= 0.3 is 0 Å². The lowest BCUT2D eigenvalue weighted by molar-refractivity contribution is -0.371. The van der Waals surface area contributed by atoms with Gasteiger partial charge in [0.05, 0.1) is 62.0 Å². The van der Waals surface area contributed by atoms with Crippen LogP contribution >= 0.6 is 0 Å². The van der Waals surface area contributed by atoms with Gasteiger partial charge in [-0.05, 0) is 55.8 Å². The minimum Gasteiger partial charge on any atom is -0.350 e. The summed E-state index contributed by atoms with van der Waals surface area (Å²) in [5.41, 5.74) is 0. The lowest BCUT2D eigenvalue weighted by Gasteiger charge is -2.52. The Balaban J connectivity index is 0.968. The molecule has 0 radical (unpaired) electrons. The number of ether oxygens (including phenoxy) is 12. The molecule has 0 spiro atoms. The highest BCUT2D eigenvalue weighted by Gasteiger charge is 2.54. The van der Waals surface area contributed by atoms with E-state index in [9.17, 15) is 0 Å². The predicted octanol–water partition coefficient (Wildman–Crippen LogP) is 7.53. The highest BCUT2D eigenvalue weighted by molar-refractivity contribution is 4.96. The van der Waals surface area contributed by atoms with Crippen LogP contribution in [0.25, 0.3) is 0 Å². The quantitative estimate of drug-likeness (QED) is 0.206. The molecule has 7 heterocycles. The maximum absolute atomic E-state index is 7.05. The van der Waals surface area contributed by atoms with E-state index >= 15 is 0 Å². The molecule has 7 saturated heterocycles. The highest BCUT2D eigenvalue weighted by Crippen LogP contribution is 2.46. The van der Waals surface area contributed by atoms with E-state index in [2.05, 4.69) is 90.0 Å². The van der Waals surface area contributed by atoms with Crippen molar-refractivity contribution in [1.29, 1.82) is 0 Å². The van der Waals surface area contributed by atoms with E-state index in [1.807, 2.05) is 6.92 Å². The Kier molecular flexibility index (Phi) is 14.4. The molecule has 57 heavy (non-hydrogen) atoms. The zero-order chi connectivity index (χ0) is 41.0. The first-order valence-electron chi connectivity index (χ1n) is 22.9. The fourth-order valence-electron chi connectivity index (χ4n) is 10.7. The first kappa shape index (κ1) is 44.6. The normalized spacial score (nSPS) is 55.7. The van der Waals surface area contributed by atoms with Crippen LogP contribution in [0, 0.1) is 59.2 Å². The summed E-state index contributed by atoms with van der Waals surface area (Å²) in [4.78, 5) is 0. The van der Waals surface area contributed by atoms with Crippen molar-refractivity contribution < 1.29 is 56.8 Å². The third kappa shape index (κ3) is 8.66. The van der Waals surface area contributed by atoms with Gasteiger partial charge in [-0.3, -0.25) is 0 Å². The molecule has 0 aliphatic carbocycles. The van der Waals surface area contributed by atoms with Gasteiger partial charge in [-0.25, -0.2) is 0 Å². The van der Waals surface area contributed by atoms with Crippen LogP contribution in [-0.2, 0) is 56.8 Å². The zero-order valence-corrected chi connectivity index (χ0v) is 37.4. The van der Waals surface area contributed by atoms with E-state index in [4.69, 9.17) is 56.8 Å². The second-order valence-corrected chi connectivity index (χ2v) is 19.3. The Bertz CT molecular complexity index is 1280. The van der Waals surface area contributed by atoms with Crippen molar-refractivity contribution in [3.05, 3.63) is 0 Å². The van der Waals surface area contributed by atoms with Gasteiger partial charge in [0.25, 0.3) is 0 Å². The number of fused-ring (bicyclic) bond motifs is 3. The molecule has 13 unspecified atom stereocenters. The lowest BCUT2D eigenvalue weighted by Crippen LogP contribution is -2.60. The molecule has 0 aromatic heterocycles. The van der Waals surface area contributed by atoms with Crippen molar-refractivity contribution in [3.8, 4) is 0 Å². The fourth-order valence-corrected chi connectivity index (χ4v) is 10.7. The molecule has 12 heteroatoms. The molecule has 7 fully saturated rings. The van der Waals surface area contributed by atoms with Crippen LogP contribution in [0.1, 0.15) is 116 Å². The van der Waals surface area contributed by atoms with Gasteiger partial charge in [0.15, 0.2) is 37.7 Å². The molecule has 12 nitrogen and oxygen atoms in total. The monoisotopic (exact) mass is 811 g/mol. The molecule has 0 amide bonds. The minimum absolute atomic E-state index is 0.00477. The SMILES string of the molecule is CCC1O[C@H](O[C@H]2C(CC)O[C@@H](O[C@H]3C(CC)O[C@@H](O[C@H]4C(C)C(C)[C@@H]5OC[C@@H]4O5)C(C)[C@H]3C)C(C)[C@H]2C)C(C)C(C)[C@@H]1O[C@H]1OC2COC(C)O[C@H]2C(C)C1C. The maximum Gasteiger partial charge on any atom is 0.161 e. The first-order valence-corrected chi connectivity index (χ1v) is 22.9. The molecule has 330 valence electrons.